The van der Waals surface area contributed by atoms with E-state index in [2.05, 4.69) is 0 Å². The Morgan fingerprint density at radius 2 is 1.68 bits per heavy atom. The summed E-state index contributed by atoms with van der Waals surface area (Å²) in [7, 11) is 1.67. The minimum atomic E-state index is -4.44. The number of carbonyl (C=O) groups excluding carboxylic acids is 1. The third kappa shape index (κ3) is 7.05. The predicted octanol–water partition coefficient (Wildman–Crippen LogP) is 5.88. The van der Waals surface area contributed by atoms with Crippen molar-refractivity contribution >= 4 is 12.0 Å². The van der Waals surface area contributed by atoms with E-state index in [9.17, 15) is 27.9 Å². The topological polar surface area (TPSA) is 79.3 Å². The van der Waals surface area contributed by atoms with Gasteiger partial charge in [0.15, 0.2) is 0 Å². The molecule has 1 N–H and O–H groups in total. The number of ether oxygens (including phenoxy) is 2. The van der Waals surface area contributed by atoms with Gasteiger partial charge >= 0.3 is 18.2 Å². The molecule has 0 bridgehead atoms. The molecule has 3 aromatic carbocycles. The lowest BCUT2D eigenvalue weighted by Gasteiger charge is -2.26. The zero-order valence-corrected chi connectivity index (χ0v) is 22.2. The SMILES string of the molecule is CN1C(=O)N(Cc2cccc(C(F)(F)F)c2)C[C@@H]1CCOc1ccc(C[C@](C)(Oc2ccccc2)C(=O)O)cc1. The van der Waals surface area contributed by atoms with E-state index in [0.29, 0.717) is 36.6 Å². The van der Waals surface area contributed by atoms with Crippen LogP contribution < -0.4 is 9.47 Å². The monoisotopic (exact) mass is 556 g/mol. The molecule has 4 rings (SSSR count). The minimum Gasteiger partial charge on any atom is -0.494 e. The van der Waals surface area contributed by atoms with Crippen LogP contribution in [0.1, 0.15) is 30.0 Å². The lowest BCUT2D eigenvalue weighted by Crippen LogP contribution is -2.43. The number of benzene rings is 3. The van der Waals surface area contributed by atoms with Crippen molar-refractivity contribution in [2.45, 2.75) is 44.1 Å². The van der Waals surface area contributed by atoms with Crippen LogP contribution in [0, 0.1) is 0 Å². The molecule has 2 atom stereocenters. The van der Waals surface area contributed by atoms with Gasteiger partial charge in [-0.15, -0.1) is 0 Å². The van der Waals surface area contributed by atoms with Gasteiger partial charge in [0.25, 0.3) is 0 Å². The maximum atomic E-state index is 13.0. The van der Waals surface area contributed by atoms with Crippen LogP contribution in [0.3, 0.4) is 0 Å². The largest absolute Gasteiger partial charge is 0.494 e. The lowest BCUT2D eigenvalue weighted by molar-refractivity contribution is -0.153. The molecule has 10 heteroatoms. The molecule has 2 amide bonds. The third-order valence-electron chi connectivity index (χ3n) is 6.90. The fraction of sp³-hybridized carbons (Fsp3) is 0.333. The molecule has 1 heterocycles. The number of nitrogens with zero attached hydrogens (tertiary/aromatic N) is 2. The minimum absolute atomic E-state index is 0.0924. The van der Waals surface area contributed by atoms with E-state index in [1.165, 1.54) is 17.9 Å². The molecule has 40 heavy (non-hydrogen) atoms. The Balaban J connectivity index is 1.29. The molecule has 0 aliphatic carbocycles. The zero-order chi connectivity index (χ0) is 28.9. The van der Waals surface area contributed by atoms with Gasteiger partial charge in [-0.25, -0.2) is 9.59 Å². The van der Waals surface area contributed by atoms with Crippen LogP contribution in [0.15, 0.2) is 78.9 Å². The second-order valence-corrected chi connectivity index (χ2v) is 10.0. The summed E-state index contributed by atoms with van der Waals surface area (Å²) in [5.74, 6) is -0.0114. The smallest absolute Gasteiger partial charge is 0.416 e. The van der Waals surface area contributed by atoms with E-state index < -0.39 is 23.3 Å². The third-order valence-corrected chi connectivity index (χ3v) is 6.90. The van der Waals surface area contributed by atoms with Crippen molar-refractivity contribution in [2.75, 3.05) is 20.2 Å². The lowest BCUT2D eigenvalue weighted by atomic mass is 9.96. The van der Waals surface area contributed by atoms with Crippen LogP contribution in [-0.2, 0) is 23.9 Å². The van der Waals surface area contributed by atoms with Crippen LogP contribution in [0.4, 0.5) is 18.0 Å². The average molecular weight is 557 g/mol. The summed E-state index contributed by atoms with van der Waals surface area (Å²) in [5.41, 5.74) is -1.01. The first-order valence-corrected chi connectivity index (χ1v) is 12.8. The normalized spacial score (nSPS) is 17.0. The number of hydrogen-bond acceptors (Lipinski definition) is 4. The number of amides is 2. The molecule has 0 saturated carbocycles. The van der Waals surface area contributed by atoms with Crippen molar-refractivity contribution in [2.24, 2.45) is 0 Å². The van der Waals surface area contributed by atoms with Gasteiger partial charge in [0.2, 0.25) is 5.60 Å². The summed E-state index contributed by atoms with van der Waals surface area (Å²) < 4.78 is 50.8. The van der Waals surface area contributed by atoms with Crippen LogP contribution in [0.5, 0.6) is 11.5 Å². The zero-order valence-electron chi connectivity index (χ0n) is 22.2. The number of hydrogen-bond donors (Lipinski definition) is 1. The number of alkyl halides is 3. The molecule has 7 nitrogen and oxygen atoms in total. The molecule has 3 aromatic rings. The fourth-order valence-electron chi connectivity index (χ4n) is 4.63. The Hall–Kier alpha value is -4.21. The molecule has 0 radical (unpaired) electrons. The van der Waals surface area contributed by atoms with Gasteiger partial charge in [0.05, 0.1) is 18.2 Å². The highest BCUT2D eigenvalue weighted by atomic mass is 19.4. The quantitative estimate of drug-likeness (QED) is 0.319. The second-order valence-electron chi connectivity index (χ2n) is 10.0. The molecule has 0 spiro atoms. The van der Waals surface area contributed by atoms with Crippen LogP contribution in [0.2, 0.25) is 0 Å². The Kier molecular flexibility index (Phi) is 8.56. The Bertz CT molecular complexity index is 1320. The molecular formula is C30H31F3N2O5. The maximum Gasteiger partial charge on any atom is 0.416 e. The molecule has 1 aliphatic heterocycles. The summed E-state index contributed by atoms with van der Waals surface area (Å²) >= 11 is 0. The van der Waals surface area contributed by atoms with Crippen LogP contribution in [-0.4, -0.2) is 58.7 Å². The van der Waals surface area contributed by atoms with Crippen LogP contribution in [0.25, 0.3) is 0 Å². The van der Waals surface area contributed by atoms with Gasteiger partial charge in [0.1, 0.15) is 11.5 Å². The van der Waals surface area contributed by atoms with Crippen molar-refractivity contribution in [3.05, 3.63) is 95.6 Å². The van der Waals surface area contributed by atoms with Gasteiger partial charge in [-0.3, -0.25) is 0 Å². The number of carboxylic acid groups (broad SMARTS) is 1. The number of likely N-dealkylation sites (N-methyl/N-ethyl adjacent to an activating group) is 1. The summed E-state index contributed by atoms with van der Waals surface area (Å²) in [6.07, 6.45) is -3.76. The van der Waals surface area contributed by atoms with Crippen LogP contribution >= 0.6 is 0 Å². The maximum absolute atomic E-state index is 13.0. The highest BCUT2D eigenvalue weighted by molar-refractivity contribution is 5.78. The molecule has 0 aromatic heterocycles. The van der Waals surface area contributed by atoms with Gasteiger partial charge in [0, 0.05) is 33.0 Å². The predicted molar refractivity (Wildman–Crippen MR) is 142 cm³/mol. The Morgan fingerprint density at radius 3 is 2.33 bits per heavy atom. The highest BCUT2D eigenvalue weighted by Gasteiger charge is 2.37. The van der Waals surface area contributed by atoms with E-state index in [4.69, 9.17) is 9.47 Å². The Labute approximate surface area is 230 Å². The summed E-state index contributed by atoms with van der Waals surface area (Å²) in [5, 5.41) is 9.79. The van der Waals surface area contributed by atoms with Crippen molar-refractivity contribution < 1.29 is 37.3 Å². The van der Waals surface area contributed by atoms with E-state index in [-0.39, 0.29) is 25.0 Å². The number of aliphatic carboxylic acids is 1. The number of para-hydroxylation sites is 1. The average Bonchev–Trinajstić information content (AvgIpc) is 3.17. The first-order chi connectivity index (χ1) is 18.9. The number of carboxylic acids is 1. The molecule has 0 unspecified atom stereocenters. The van der Waals surface area contributed by atoms with Crippen molar-refractivity contribution in [3.63, 3.8) is 0 Å². The summed E-state index contributed by atoms with van der Waals surface area (Å²) in [6, 6.07) is 20.5. The van der Waals surface area contributed by atoms with Gasteiger partial charge < -0.3 is 24.4 Å². The van der Waals surface area contributed by atoms with Gasteiger partial charge in [-0.05, 0) is 54.4 Å². The van der Waals surface area contributed by atoms with Gasteiger partial charge in [-0.2, -0.15) is 13.2 Å². The van der Waals surface area contributed by atoms with E-state index in [1.807, 2.05) is 6.07 Å². The van der Waals surface area contributed by atoms with Crippen molar-refractivity contribution in [1.29, 1.82) is 0 Å². The first kappa shape index (κ1) is 28.8. The second kappa shape index (κ2) is 11.9. The van der Waals surface area contributed by atoms with Gasteiger partial charge in [-0.1, -0.05) is 42.5 Å². The van der Waals surface area contributed by atoms with E-state index >= 15 is 0 Å². The summed E-state index contributed by atoms with van der Waals surface area (Å²) in [4.78, 5) is 27.8. The molecular weight excluding hydrogens is 525 g/mol. The highest BCUT2D eigenvalue weighted by Crippen LogP contribution is 2.30. The molecule has 1 fully saturated rings. The number of halogens is 3. The molecule has 1 aliphatic rings. The molecule has 212 valence electrons. The Morgan fingerprint density at radius 1 is 0.975 bits per heavy atom. The summed E-state index contributed by atoms with van der Waals surface area (Å²) in [6.45, 7) is 2.32. The first-order valence-electron chi connectivity index (χ1n) is 12.8. The standard InChI is InChI=1S/C30H31F3N2O5/c1-29(27(36)37,40-26-9-4-3-5-10-26)18-21-11-13-25(14-12-21)39-16-15-24-20-35(28(38)34(24)2)19-22-7-6-8-23(17-22)30(31,32)33/h3-14,17,24H,15-16,18-20H2,1-2H3,(H,36,37)/t24-,29-/m0/s1. The number of urea groups is 1. The van der Waals surface area contributed by atoms with E-state index in [1.54, 1.807) is 66.5 Å². The number of carbonyl (C=O) groups is 2. The van der Waals surface area contributed by atoms with Crippen molar-refractivity contribution in [1.82, 2.24) is 9.80 Å². The van der Waals surface area contributed by atoms with Crippen molar-refractivity contribution in [3.8, 4) is 11.5 Å². The molecule has 1 saturated heterocycles. The number of rotatable bonds is 11. The fourth-order valence-corrected chi connectivity index (χ4v) is 4.63. The van der Waals surface area contributed by atoms with E-state index in [0.717, 1.165) is 17.7 Å².